The van der Waals surface area contributed by atoms with Crippen LogP contribution in [-0.4, -0.2) is 24.3 Å². The van der Waals surface area contributed by atoms with Crippen LogP contribution in [0.5, 0.6) is 5.75 Å². The zero-order valence-electron chi connectivity index (χ0n) is 19.3. The van der Waals surface area contributed by atoms with Crippen molar-refractivity contribution in [1.82, 2.24) is 0 Å². The number of nitrogens with two attached hydrogens (primary N) is 1. The number of ether oxygens (including phenoxy) is 1. The summed E-state index contributed by atoms with van der Waals surface area (Å²) in [6.45, 7) is -0.586. The summed E-state index contributed by atoms with van der Waals surface area (Å²) in [7, 11) is 0. The second kappa shape index (κ2) is 10.0. The lowest BCUT2D eigenvalue weighted by Gasteiger charge is -2.24. The van der Waals surface area contributed by atoms with Gasteiger partial charge in [-0.2, -0.15) is 13.2 Å². The maximum atomic E-state index is 14.9. The van der Waals surface area contributed by atoms with Crippen molar-refractivity contribution in [2.24, 2.45) is 5.73 Å². The molecule has 2 amide bonds. The number of fused-ring (bicyclic) bond motifs is 1. The number of para-hydroxylation sites is 1. The summed E-state index contributed by atoms with van der Waals surface area (Å²) in [5.41, 5.74) is 2.93. The monoisotopic (exact) mass is 516 g/mol. The maximum absolute atomic E-state index is 14.9. The molecule has 1 aliphatic rings. The fraction of sp³-hybridized carbons (Fsp3) is 0.185. The molecule has 0 unspecified atom stereocenters. The van der Waals surface area contributed by atoms with E-state index in [1.165, 1.54) is 30.3 Å². The van der Waals surface area contributed by atoms with Crippen molar-refractivity contribution < 1.29 is 36.3 Å². The van der Waals surface area contributed by atoms with E-state index in [-0.39, 0.29) is 23.6 Å². The molecule has 0 fully saturated rings. The SMILES string of the molecule is NC(=O)C=C1c2ccccc2N(C(=O)c2ccc(OCc3ccccc3)cc2C(F)(F)F)CCC1(F)F. The van der Waals surface area contributed by atoms with Gasteiger partial charge in [0.1, 0.15) is 12.4 Å². The second-order valence-corrected chi connectivity index (χ2v) is 8.37. The number of anilines is 1. The molecule has 1 heterocycles. The second-order valence-electron chi connectivity index (χ2n) is 8.37. The molecule has 0 bridgehead atoms. The first-order chi connectivity index (χ1) is 17.5. The number of rotatable bonds is 5. The molecule has 10 heteroatoms. The van der Waals surface area contributed by atoms with Crippen molar-refractivity contribution in [3.8, 4) is 5.75 Å². The molecule has 0 saturated heterocycles. The van der Waals surface area contributed by atoms with E-state index >= 15 is 0 Å². The number of allylic oxidation sites excluding steroid dienone is 1. The van der Waals surface area contributed by atoms with Crippen LogP contribution in [0.15, 0.2) is 78.9 Å². The summed E-state index contributed by atoms with van der Waals surface area (Å²) in [6, 6.07) is 17.2. The highest BCUT2D eigenvalue weighted by Gasteiger charge is 2.43. The van der Waals surface area contributed by atoms with Crippen molar-refractivity contribution in [3.63, 3.8) is 0 Å². The summed E-state index contributed by atoms with van der Waals surface area (Å²) in [5, 5.41) is 0. The van der Waals surface area contributed by atoms with Crippen LogP contribution in [0.25, 0.3) is 5.57 Å². The Morgan fingerprint density at radius 1 is 1.00 bits per heavy atom. The molecular weight excluding hydrogens is 495 g/mol. The number of hydrogen-bond donors (Lipinski definition) is 1. The molecule has 37 heavy (non-hydrogen) atoms. The zero-order valence-corrected chi connectivity index (χ0v) is 19.3. The third-order valence-corrected chi connectivity index (χ3v) is 5.84. The van der Waals surface area contributed by atoms with Crippen molar-refractivity contribution >= 4 is 23.1 Å². The third-order valence-electron chi connectivity index (χ3n) is 5.84. The van der Waals surface area contributed by atoms with Crippen LogP contribution in [0.3, 0.4) is 0 Å². The van der Waals surface area contributed by atoms with Gasteiger partial charge in [-0.15, -0.1) is 0 Å². The van der Waals surface area contributed by atoms with Crippen LogP contribution in [-0.2, 0) is 17.6 Å². The van der Waals surface area contributed by atoms with Crippen molar-refractivity contribution in [3.05, 3.63) is 101 Å². The summed E-state index contributed by atoms with van der Waals surface area (Å²) in [5.74, 6) is -5.90. The number of primary amides is 1. The molecule has 0 radical (unpaired) electrons. The normalized spacial score (nSPS) is 16.1. The number of halogens is 5. The first-order valence-electron chi connectivity index (χ1n) is 11.2. The van der Waals surface area contributed by atoms with E-state index in [0.29, 0.717) is 12.1 Å². The van der Waals surface area contributed by atoms with Crippen molar-refractivity contribution in [2.45, 2.75) is 25.1 Å². The molecule has 2 N–H and O–H groups in total. The maximum Gasteiger partial charge on any atom is 0.417 e. The van der Waals surface area contributed by atoms with Gasteiger partial charge in [0.05, 0.1) is 16.8 Å². The van der Waals surface area contributed by atoms with Gasteiger partial charge in [0.15, 0.2) is 0 Å². The highest BCUT2D eigenvalue weighted by Crippen LogP contribution is 2.44. The van der Waals surface area contributed by atoms with Crippen LogP contribution < -0.4 is 15.4 Å². The Labute approximate surface area is 208 Å². The Hall–Kier alpha value is -4.21. The topological polar surface area (TPSA) is 72.6 Å². The Balaban J connectivity index is 1.74. The van der Waals surface area contributed by atoms with Crippen LogP contribution in [0.2, 0.25) is 0 Å². The number of carbonyl (C=O) groups is 2. The van der Waals surface area contributed by atoms with Crippen LogP contribution in [0, 0.1) is 0 Å². The molecule has 4 rings (SSSR count). The van der Waals surface area contributed by atoms with Gasteiger partial charge in [0.25, 0.3) is 11.8 Å². The lowest BCUT2D eigenvalue weighted by molar-refractivity contribution is -0.138. The van der Waals surface area contributed by atoms with Gasteiger partial charge in [-0.3, -0.25) is 9.59 Å². The number of amides is 2. The van der Waals surface area contributed by atoms with Gasteiger partial charge < -0.3 is 15.4 Å². The molecule has 0 saturated carbocycles. The van der Waals surface area contributed by atoms with Gasteiger partial charge in [0.2, 0.25) is 5.91 Å². The van der Waals surface area contributed by atoms with Crippen molar-refractivity contribution in [2.75, 3.05) is 11.4 Å². The van der Waals surface area contributed by atoms with E-state index in [1.807, 2.05) is 0 Å². The molecule has 3 aromatic rings. The summed E-state index contributed by atoms with van der Waals surface area (Å²) < 4.78 is 77.4. The number of nitrogens with zero attached hydrogens (tertiary/aromatic N) is 1. The summed E-state index contributed by atoms with van der Waals surface area (Å²) >= 11 is 0. The van der Waals surface area contributed by atoms with E-state index in [9.17, 15) is 31.5 Å². The van der Waals surface area contributed by atoms with Gasteiger partial charge >= 0.3 is 6.18 Å². The van der Waals surface area contributed by atoms with Gasteiger partial charge in [0, 0.05) is 30.2 Å². The highest BCUT2D eigenvalue weighted by molar-refractivity contribution is 6.10. The predicted molar refractivity (Wildman–Crippen MR) is 127 cm³/mol. The fourth-order valence-electron chi connectivity index (χ4n) is 4.10. The number of alkyl halides is 5. The molecule has 1 aliphatic heterocycles. The predicted octanol–water partition coefficient (Wildman–Crippen LogP) is 5.84. The van der Waals surface area contributed by atoms with Gasteiger partial charge in [-0.1, -0.05) is 48.5 Å². The molecular formula is C27H21F5N2O3. The van der Waals surface area contributed by atoms with E-state index in [2.05, 4.69) is 0 Å². The summed E-state index contributed by atoms with van der Waals surface area (Å²) in [6.07, 6.45) is -5.28. The number of hydrogen-bond acceptors (Lipinski definition) is 3. The Bertz CT molecular complexity index is 1350. The van der Waals surface area contributed by atoms with Crippen LogP contribution in [0.1, 0.15) is 33.5 Å². The highest BCUT2D eigenvalue weighted by atomic mass is 19.4. The minimum Gasteiger partial charge on any atom is -0.489 e. The quantitative estimate of drug-likeness (QED) is 0.342. The third kappa shape index (κ3) is 5.63. The van der Waals surface area contributed by atoms with Crippen molar-refractivity contribution in [1.29, 1.82) is 0 Å². The first-order valence-corrected chi connectivity index (χ1v) is 11.2. The minimum absolute atomic E-state index is 0.00892. The molecule has 5 nitrogen and oxygen atoms in total. The smallest absolute Gasteiger partial charge is 0.417 e. The fourth-order valence-corrected chi connectivity index (χ4v) is 4.10. The standard InChI is InChI=1S/C27H21F5N2O3/c28-26(29)12-13-34(23-9-5-4-8-19(23)21(26)15-24(33)35)25(36)20-11-10-18(14-22(20)27(30,31)32)37-16-17-6-2-1-3-7-17/h1-11,14-15H,12-13,16H2,(H2,33,35). The minimum atomic E-state index is -4.93. The lowest BCUT2D eigenvalue weighted by atomic mass is 9.97. The largest absolute Gasteiger partial charge is 0.489 e. The van der Waals surface area contributed by atoms with Crippen LogP contribution in [0.4, 0.5) is 27.6 Å². The van der Waals surface area contributed by atoms with Gasteiger partial charge in [-0.25, -0.2) is 8.78 Å². The Morgan fingerprint density at radius 3 is 2.35 bits per heavy atom. The number of benzene rings is 3. The average Bonchev–Trinajstić information content (AvgIpc) is 2.96. The zero-order chi connectivity index (χ0) is 26.8. The molecule has 3 aromatic carbocycles. The average molecular weight is 516 g/mol. The molecule has 0 spiro atoms. The number of carbonyl (C=O) groups excluding carboxylic acids is 2. The van der Waals surface area contributed by atoms with E-state index in [1.54, 1.807) is 30.3 Å². The van der Waals surface area contributed by atoms with E-state index in [4.69, 9.17) is 10.5 Å². The Kier molecular flexibility index (Phi) is 7.02. The molecule has 192 valence electrons. The summed E-state index contributed by atoms with van der Waals surface area (Å²) in [4.78, 5) is 25.7. The lowest BCUT2D eigenvalue weighted by Crippen LogP contribution is -2.34. The Morgan fingerprint density at radius 2 is 1.68 bits per heavy atom. The molecule has 0 aliphatic carbocycles. The first kappa shape index (κ1) is 25.9. The van der Waals surface area contributed by atoms with E-state index < -0.39 is 53.6 Å². The van der Waals surface area contributed by atoms with Gasteiger partial charge in [-0.05, 0) is 29.8 Å². The molecule has 0 atom stereocenters. The van der Waals surface area contributed by atoms with E-state index in [0.717, 1.165) is 16.5 Å². The van der Waals surface area contributed by atoms with Crippen LogP contribution >= 0.6 is 0 Å². The molecule has 0 aromatic heterocycles.